The van der Waals surface area contributed by atoms with Gasteiger partial charge in [0.25, 0.3) is 5.56 Å². The quantitative estimate of drug-likeness (QED) is 0.713. The summed E-state index contributed by atoms with van der Waals surface area (Å²) in [6, 6.07) is 11.5. The summed E-state index contributed by atoms with van der Waals surface area (Å²) in [5.74, 6) is 0.599. The third-order valence-electron chi connectivity index (χ3n) is 6.01. The minimum atomic E-state index is -0.599. The van der Waals surface area contributed by atoms with E-state index in [0.717, 1.165) is 49.3 Å². The van der Waals surface area contributed by atoms with Crippen LogP contribution in [0, 0.1) is 11.3 Å². The van der Waals surface area contributed by atoms with Crippen molar-refractivity contribution in [3.63, 3.8) is 0 Å². The van der Waals surface area contributed by atoms with Gasteiger partial charge in [-0.25, -0.2) is 0 Å². The fraction of sp³-hybridized carbons (Fsp3) is 0.440. The minimum Gasteiger partial charge on any atom is -0.494 e. The van der Waals surface area contributed by atoms with Crippen LogP contribution in [0.25, 0.3) is 0 Å². The lowest BCUT2D eigenvalue weighted by Gasteiger charge is -2.28. The van der Waals surface area contributed by atoms with Crippen LogP contribution < -0.4 is 20.8 Å². The van der Waals surface area contributed by atoms with Crippen LogP contribution in [0.5, 0.6) is 11.5 Å². The number of allylic oxidation sites excluding steroid dienone is 1. The number of nitrogens with zero attached hydrogens (tertiary/aromatic N) is 2. The van der Waals surface area contributed by atoms with Crippen LogP contribution in [0.15, 0.2) is 46.6 Å². The summed E-state index contributed by atoms with van der Waals surface area (Å²) in [6.07, 6.45) is 3.58. The SMILES string of the molecule is CCCc1cc2c(c(=O)n1CC1CCCO1)C(c1ccc(OCC)cc1)C(C#N)=C(N)O2. The summed E-state index contributed by atoms with van der Waals surface area (Å²) in [4.78, 5) is 13.8. The largest absolute Gasteiger partial charge is 0.494 e. The molecule has 1 aromatic heterocycles. The Kier molecular flexibility index (Phi) is 6.52. The van der Waals surface area contributed by atoms with E-state index in [4.69, 9.17) is 19.9 Å². The number of benzene rings is 1. The first-order valence-corrected chi connectivity index (χ1v) is 11.3. The topological polar surface area (TPSA) is 99.5 Å². The van der Waals surface area contributed by atoms with Crippen molar-refractivity contribution in [2.24, 2.45) is 5.73 Å². The van der Waals surface area contributed by atoms with Crippen LogP contribution in [0.1, 0.15) is 55.8 Å². The van der Waals surface area contributed by atoms with Crippen molar-refractivity contribution in [1.82, 2.24) is 4.57 Å². The van der Waals surface area contributed by atoms with Crippen molar-refractivity contribution in [3.8, 4) is 17.6 Å². The van der Waals surface area contributed by atoms with Gasteiger partial charge in [0.05, 0.1) is 30.7 Å². The molecule has 4 rings (SSSR count). The smallest absolute Gasteiger partial charge is 0.258 e. The van der Waals surface area contributed by atoms with Gasteiger partial charge in [0, 0.05) is 18.4 Å². The fourth-order valence-electron chi connectivity index (χ4n) is 4.53. The van der Waals surface area contributed by atoms with E-state index in [1.807, 2.05) is 37.3 Å². The van der Waals surface area contributed by atoms with Crippen LogP contribution in [0.2, 0.25) is 0 Å². The Morgan fingerprint density at radius 1 is 1.28 bits per heavy atom. The molecule has 2 atom stereocenters. The second-order valence-electron chi connectivity index (χ2n) is 8.14. The molecular weight excluding hydrogens is 406 g/mol. The van der Waals surface area contributed by atoms with E-state index >= 15 is 0 Å². The number of ether oxygens (including phenoxy) is 3. The molecule has 2 aliphatic heterocycles. The molecule has 2 aromatic rings. The number of aromatic nitrogens is 1. The molecule has 7 heteroatoms. The maximum absolute atomic E-state index is 13.8. The predicted octanol–water partition coefficient (Wildman–Crippen LogP) is 3.60. The van der Waals surface area contributed by atoms with Crippen LogP contribution in [0.3, 0.4) is 0 Å². The van der Waals surface area contributed by atoms with Gasteiger partial charge >= 0.3 is 0 Å². The number of nitriles is 1. The molecule has 7 nitrogen and oxygen atoms in total. The molecule has 2 unspecified atom stereocenters. The van der Waals surface area contributed by atoms with Crippen LogP contribution in [-0.4, -0.2) is 23.9 Å². The molecule has 32 heavy (non-hydrogen) atoms. The van der Waals surface area contributed by atoms with Crippen LogP contribution >= 0.6 is 0 Å². The predicted molar refractivity (Wildman–Crippen MR) is 121 cm³/mol. The molecule has 2 N–H and O–H groups in total. The van der Waals surface area contributed by atoms with E-state index in [2.05, 4.69) is 13.0 Å². The zero-order chi connectivity index (χ0) is 22.7. The first-order valence-electron chi connectivity index (χ1n) is 11.3. The molecule has 0 spiro atoms. The maximum Gasteiger partial charge on any atom is 0.258 e. The number of pyridine rings is 1. The molecule has 0 aliphatic carbocycles. The molecule has 0 radical (unpaired) electrons. The highest BCUT2D eigenvalue weighted by Crippen LogP contribution is 2.41. The molecular formula is C25H29N3O4. The first kappa shape index (κ1) is 22.0. The van der Waals surface area contributed by atoms with Gasteiger partial charge in [0.1, 0.15) is 23.1 Å². The number of aryl methyl sites for hydroxylation is 1. The van der Waals surface area contributed by atoms with Gasteiger partial charge in [-0.15, -0.1) is 0 Å². The summed E-state index contributed by atoms with van der Waals surface area (Å²) >= 11 is 0. The first-order chi connectivity index (χ1) is 15.6. The van der Waals surface area contributed by atoms with Gasteiger partial charge < -0.3 is 24.5 Å². The van der Waals surface area contributed by atoms with Gasteiger partial charge in [-0.05, 0) is 43.9 Å². The number of fused-ring (bicyclic) bond motifs is 1. The minimum absolute atomic E-state index is 0.0193. The van der Waals surface area contributed by atoms with E-state index < -0.39 is 5.92 Å². The molecule has 0 saturated carbocycles. The summed E-state index contributed by atoms with van der Waals surface area (Å²) < 4.78 is 19.0. The van der Waals surface area contributed by atoms with Crippen LogP contribution in [-0.2, 0) is 17.7 Å². The maximum atomic E-state index is 13.8. The molecule has 0 bridgehead atoms. The van der Waals surface area contributed by atoms with E-state index in [9.17, 15) is 10.1 Å². The van der Waals surface area contributed by atoms with Gasteiger partial charge in [-0.2, -0.15) is 5.26 Å². The normalized spacial score (nSPS) is 19.9. The van der Waals surface area contributed by atoms with E-state index in [1.165, 1.54) is 0 Å². The van der Waals surface area contributed by atoms with Gasteiger partial charge in [-0.1, -0.05) is 25.5 Å². The lowest BCUT2D eigenvalue weighted by atomic mass is 9.84. The number of hydrogen-bond acceptors (Lipinski definition) is 6. The Morgan fingerprint density at radius 3 is 2.69 bits per heavy atom. The highest BCUT2D eigenvalue weighted by Gasteiger charge is 2.35. The summed E-state index contributed by atoms with van der Waals surface area (Å²) in [7, 11) is 0. The Balaban J connectivity index is 1.86. The van der Waals surface area contributed by atoms with Crippen molar-refractivity contribution < 1.29 is 14.2 Å². The van der Waals surface area contributed by atoms with Crippen molar-refractivity contribution in [2.75, 3.05) is 13.2 Å². The van der Waals surface area contributed by atoms with E-state index in [0.29, 0.717) is 24.5 Å². The zero-order valence-corrected chi connectivity index (χ0v) is 18.6. The molecule has 168 valence electrons. The zero-order valence-electron chi connectivity index (χ0n) is 18.6. The summed E-state index contributed by atoms with van der Waals surface area (Å²) in [5, 5.41) is 9.86. The summed E-state index contributed by atoms with van der Waals surface area (Å²) in [6.45, 7) is 5.78. The molecule has 1 aromatic carbocycles. The van der Waals surface area contributed by atoms with Crippen molar-refractivity contribution in [2.45, 2.75) is 58.1 Å². The van der Waals surface area contributed by atoms with E-state index in [-0.39, 0.29) is 23.1 Å². The molecule has 1 saturated heterocycles. The number of nitrogens with two attached hydrogens (primary N) is 1. The standard InChI is InChI=1S/C25H29N3O4/c1-3-6-17-13-21-23(25(29)28(17)15-19-7-5-12-31-19)22(20(14-26)24(27)32-21)16-8-10-18(11-9-16)30-4-2/h8-11,13,19,22H,3-7,12,15,27H2,1-2H3. The average molecular weight is 436 g/mol. The molecule has 1 fully saturated rings. The second-order valence-corrected chi connectivity index (χ2v) is 8.14. The van der Waals surface area contributed by atoms with Crippen molar-refractivity contribution in [3.05, 3.63) is 69.0 Å². The van der Waals surface area contributed by atoms with Gasteiger partial charge in [0.2, 0.25) is 5.88 Å². The van der Waals surface area contributed by atoms with E-state index in [1.54, 1.807) is 4.57 Å². The average Bonchev–Trinajstić information content (AvgIpc) is 3.30. The molecule has 0 amide bonds. The molecule has 3 heterocycles. The monoisotopic (exact) mass is 435 g/mol. The highest BCUT2D eigenvalue weighted by atomic mass is 16.5. The number of rotatable bonds is 7. The third-order valence-corrected chi connectivity index (χ3v) is 6.01. The van der Waals surface area contributed by atoms with Gasteiger partial charge in [0.15, 0.2) is 0 Å². The second kappa shape index (κ2) is 9.49. The Labute approximate surface area is 188 Å². The van der Waals surface area contributed by atoms with Crippen molar-refractivity contribution in [1.29, 1.82) is 5.26 Å². The number of hydrogen-bond donors (Lipinski definition) is 1. The fourth-order valence-corrected chi connectivity index (χ4v) is 4.53. The molecule has 2 aliphatic rings. The highest BCUT2D eigenvalue weighted by molar-refractivity contribution is 5.55. The van der Waals surface area contributed by atoms with Gasteiger partial charge in [-0.3, -0.25) is 4.79 Å². The Morgan fingerprint density at radius 2 is 2.06 bits per heavy atom. The summed E-state index contributed by atoms with van der Waals surface area (Å²) in [5.41, 5.74) is 8.35. The van der Waals surface area contributed by atoms with Crippen LogP contribution in [0.4, 0.5) is 0 Å². The Hall–Kier alpha value is -3.24. The third kappa shape index (κ3) is 4.11. The lowest BCUT2D eigenvalue weighted by Crippen LogP contribution is -2.35. The van der Waals surface area contributed by atoms with Crippen molar-refractivity contribution >= 4 is 0 Å². The Bertz CT molecular complexity index is 1110. The lowest BCUT2D eigenvalue weighted by molar-refractivity contribution is 0.0952.